The maximum Gasteiger partial charge on any atom is 0.120 e. The minimum absolute atomic E-state index is 0.645. The van der Waals surface area contributed by atoms with E-state index >= 15 is 0 Å². The monoisotopic (exact) mass is 198 g/mol. The third-order valence-corrected chi connectivity index (χ3v) is 3.29. The van der Waals surface area contributed by atoms with Gasteiger partial charge in [-0.15, -0.1) is 21.5 Å². The van der Waals surface area contributed by atoms with Crippen LogP contribution in [-0.4, -0.2) is 10.2 Å². The Morgan fingerprint density at radius 2 is 2.08 bits per heavy atom. The molecule has 0 aromatic carbocycles. The normalized spacial score (nSPS) is 13.2. The van der Waals surface area contributed by atoms with Crippen LogP contribution in [0.2, 0.25) is 0 Å². The molecule has 1 aromatic heterocycles. The number of aromatic nitrogens is 2. The van der Waals surface area contributed by atoms with Crippen molar-refractivity contribution in [2.45, 2.75) is 52.4 Å². The Hall–Kier alpha value is -0.440. The predicted octanol–water partition coefficient (Wildman–Crippen LogP) is 3.53. The van der Waals surface area contributed by atoms with E-state index in [2.05, 4.69) is 24.0 Å². The number of hydrogen-bond acceptors (Lipinski definition) is 3. The Balaban J connectivity index is 2.56. The van der Waals surface area contributed by atoms with Gasteiger partial charge in [-0.05, 0) is 19.8 Å². The van der Waals surface area contributed by atoms with Crippen LogP contribution in [0, 0.1) is 6.92 Å². The van der Waals surface area contributed by atoms with Gasteiger partial charge in [0.2, 0.25) is 0 Å². The summed E-state index contributed by atoms with van der Waals surface area (Å²) in [6.07, 6.45) is 5.03. The number of nitrogens with zero attached hydrogens (tertiary/aromatic N) is 2. The van der Waals surface area contributed by atoms with E-state index in [4.69, 9.17) is 0 Å². The highest BCUT2D eigenvalue weighted by Gasteiger charge is 2.12. The third kappa shape index (κ3) is 3.07. The van der Waals surface area contributed by atoms with Crippen molar-refractivity contribution in [1.29, 1.82) is 0 Å². The molecule has 0 saturated heterocycles. The van der Waals surface area contributed by atoms with Gasteiger partial charge in [-0.2, -0.15) is 0 Å². The molecule has 1 aromatic rings. The molecule has 0 aliphatic rings. The maximum absolute atomic E-state index is 4.21. The van der Waals surface area contributed by atoms with Crippen LogP contribution in [0.25, 0.3) is 0 Å². The van der Waals surface area contributed by atoms with Crippen molar-refractivity contribution in [2.75, 3.05) is 0 Å². The highest BCUT2D eigenvalue weighted by atomic mass is 32.1. The van der Waals surface area contributed by atoms with Crippen LogP contribution in [0.15, 0.2) is 0 Å². The standard InChI is InChI=1S/C10H18N2S/c1-4-6-7-9(5-2)10-12-11-8(3)13-10/h9H,4-7H2,1-3H3. The average molecular weight is 198 g/mol. The Morgan fingerprint density at radius 3 is 2.54 bits per heavy atom. The molecule has 0 saturated carbocycles. The zero-order chi connectivity index (χ0) is 9.68. The van der Waals surface area contributed by atoms with E-state index in [-0.39, 0.29) is 0 Å². The first kappa shape index (κ1) is 10.6. The minimum atomic E-state index is 0.645. The molecule has 0 N–H and O–H groups in total. The zero-order valence-corrected chi connectivity index (χ0v) is 9.52. The number of aryl methyl sites for hydroxylation is 1. The van der Waals surface area contributed by atoms with Crippen LogP contribution < -0.4 is 0 Å². The zero-order valence-electron chi connectivity index (χ0n) is 8.71. The lowest BCUT2D eigenvalue weighted by atomic mass is 10.0. The van der Waals surface area contributed by atoms with Gasteiger partial charge in [0.25, 0.3) is 0 Å². The second-order valence-corrected chi connectivity index (χ2v) is 4.62. The second-order valence-electron chi connectivity index (χ2n) is 3.41. The van der Waals surface area contributed by atoms with E-state index in [1.54, 1.807) is 11.3 Å². The SMILES string of the molecule is CCCCC(CC)c1nnc(C)s1. The van der Waals surface area contributed by atoms with E-state index in [1.165, 1.54) is 30.7 Å². The van der Waals surface area contributed by atoms with Crippen molar-refractivity contribution in [1.82, 2.24) is 10.2 Å². The third-order valence-electron chi connectivity index (χ3n) is 2.29. The maximum atomic E-state index is 4.21. The van der Waals surface area contributed by atoms with Crippen LogP contribution >= 0.6 is 11.3 Å². The topological polar surface area (TPSA) is 25.8 Å². The van der Waals surface area contributed by atoms with E-state index in [1.807, 2.05) is 6.92 Å². The van der Waals surface area contributed by atoms with Gasteiger partial charge in [-0.1, -0.05) is 26.7 Å². The van der Waals surface area contributed by atoms with E-state index in [9.17, 15) is 0 Å². The molecule has 0 aliphatic heterocycles. The summed E-state index contributed by atoms with van der Waals surface area (Å²) in [5.74, 6) is 0.645. The molecule has 0 aliphatic carbocycles. The number of hydrogen-bond donors (Lipinski definition) is 0. The molecular formula is C10H18N2S. The highest BCUT2D eigenvalue weighted by Crippen LogP contribution is 2.27. The Bertz CT molecular complexity index is 245. The highest BCUT2D eigenvalue weighted by molar-refractivity contribution is 7.11. The van der Waals surface area contributed by atoms with E-state index < -0.39 is 0 Å². The summed E-state index contributed by atoms with van der Waals surface area (Å²) in [5, 5.41) is 10.6. The molecule has 1 atom stereocenters. The molecule has 2 nitrogen and oxygen atoms in total. The van der Waals surface area contributed by atoms with Crippen molar-refractivity contribution >= 4 is 11.3 Å². The van der Waals surface area contributed by atoms with Crippen molar-refractivity contribution in [3.8, 4) is 0 Å². The molecule has 74 valence electrons. The largest absolute Gasteiger partial charge is 0.144 e. The first-order valence-electron chi connectivity index (χ1n) is 5.07. The fourth-order valence-electron chi connectivity index (χ4n) is 1.43. The summed E-state index contributed by atoms with van der Waals surface area (Å²) in [5.41, 5.74) is 0. The van der Waals surface area contributed by atoms with E-state index in [0.29, 0.717) is 5.92 Å². The van der Waals surface area contributed by atoms with Gasteiger partial charge in [0.15, 0.2) is 0 Å². The summed E-state index contributed by atoms with van der Waals surface area (Å²) in [6, 6.07) is 0. The van der Waals surface area contributed by atoms with Crippen LogP contribution in [0.3, 0.4) is 0 Å². The molecule has 3 heteroatoms. The summed E-state index contributed by atoms with van der Waals surface area (Å²) >= 11 is 1.75. The van der Waals surface area contributed by atoms with Crippen LogP contribution in [0.1, 0.15) is 55.5 Å². The predicted molar refractivity (Wildman–Crippen MR) is 57.2 cm³/mol. The van der Waals surface area contributed by atoms with Gasteiger partial charge < -0.3 is 0 Å². The molecule has 0 fully saturated rings. The lowest BCUT2D eigenvalue weighted by Crippen LogP contribution is -1.96. The van der Waals surface area contributed by atoms with Crippen LogP contribution in [0.4, 0.5) is 0 Å². The Kier molecular flexibility index (Phi) is 4.36. The molecule has 0 amide bonds. The van der Waals surface area contributed by atoms with Crippen LogP contribution in [0.5, 0.6) is 0 Å². The van der Waals surface area contributed by atoms with Crippen molar-refractivity contribution < 1.29 is 0 Å². The van der Waals surface area contributed by atoms with Gasteiger partial charge >= 0.3 is 0 Å². The lowest BCUT2D eigenvalue weighted by molar-refractivity contribution is 0.563. The van der Waals surface area contributed by atoms with Gasteiger partial charge in [-0.3, -0.25) is 0 Å². The molecule has 1 heterocycles. The number of unbranched alkanes of at least 4 members (excludes halogenated alkanes) is 1. The first-order chi connectivity index (χ1) is 6.27. The molecule has 0 radical (unpaired) electrons. The van der Waals surface area contributed by atoms with Crippen molar-refractivity contribution in [2.24, 2.45) is 0 Å². The lowest BCUT2D eigenvalue weighted by Gasteiger charge is -2.09. The summed E-state index contributed by atoms with van der Waals surface area (Å²) in [4.78, 5) is 0. The molecular weight excluding hydrogens is 180 g/mol. The average Bonchev–Trinajstić information content (AvgIpc) is 2.54. The first-order valence-corrected chi connectivity index (χ1v) is 5.89. The van der Waals surface area contributed by atoms with Gasteiger partial charge in [0, 0.05) is 5.92 Å². The Labute approximate surface area is 84.4 Å². The van der Waals surface area contributed by atoms with Crippen molar-refractivity contribution in [3.05, 3.63) is 10.0 Å². The molecule has 13 heavy (non-hydrogen) atoms. The van der Waals surface area contributed by atoms with Crippen molar-refractivity contribution in [3.63, 3.8) is 0 Å². The molecule has 1 rings (SSSR count). The summed E-state index contributed by atoms with van der Waals surface area (Å²) in [7, 11) is 0. The smallest absolute Gasteiger partial charge is 0.120 e. The second kappa shape index (κ2) is 5.32. The van der Waals surface area contributed by atoms with Crippen LogP contribution in [-0.2, 0) is 0 Å². The fourth-order valence-corrected chi connectivity index (χ4v) is 2.35. The Morgan fingerprint density at radius 1 is 1.31 bits per heavy atom. The summed E-state index contributed by atoms with van der Waals surface area (Å²) in [6.45, 7) is 6.49. The number of rotatable bonds is 5. The van der Waals surface area contributed by atoms with Gasteiger partial charge in [-0.25, -0.2) is 0 Å². The van der Waals surface area contributed by atoms with Gasteiger partial charge in [0.1, 0.15) is 10.0 Å². The molecule has 0 spiro atoms. The molecule has 0 bridgehead atoms. The van der Waals surface area contributed by atoms with Gasteiger partial charge in [0.05, 0.1) is 0 Å². The quantitative estimate of drug-likeness (QED) is 0.723. The van der Waals surface area contributed by atoms with E-state index in [0.717, 1.165) is 5.01 Å². The fraction of sp³-hybridized carbons (Fsp3) is 0.800. The molecule has 1 unspecified atom stereocenters. The summed E-state index contributed by atoms with van der Waals surface area (Å²) < 4.78 is 0. The minimum Gasteiger partial charge on any atom is -0.144 e.